The Morgan fingerprint density at radius 3 is 2.81 bits per heavy atom. The minimum atomic E-state index is -0.234. The average molecular weight is 304 g/mol. The van der Waals surface area contributed by atoms with E-state index in [1.807, 2.05) is 24.3 Å². The molecular weight excluding hydrogens is 286 g/mol. The van der Waals surface area contributed by atoms with Gasteiger partial charge in [-0.15, -0.1) is 0 Å². The van der Waals surface area contributed by atoms with Crippen LogP contribution in [0.5, 0.6) is 0 Å². The van der Waals surface area contributed by atoms with Crippen molar-refractivity contribution in [1.82, 2.24) is 4.98 Å². The van der Waals surface area contributed by atoms with Gasteiger partial charge in [0.25, 0.3) is 5.91 Å². The molecule has 2 rings (SSSR count). The molecule has 1 aromatic heterocycles. The minimum absolute atomic E-state index is 0.234. The molecular formula is C16H18ClN3O. The van der Waals surface area contributed by atoms with Crippen molar-refractivity contribution in [2.45, 2.75) is 19.8 Å². The number of hydrogen-bond acceptors (Lipinski definition) is 3. The lowest BCUT2D eigenvalue weighted by Crippen LogP contribution is -2.14. The first-order valence-corrected chi connectivity index (χ1v) is 7.26. The molecule has 2 N–H and O–H groups in total. The first-order valence-electron chi connectivity index (χ1n) is 6.88. The van der Waals surface area contributed by atoms with Gasteiger partial charge in [-0.3, -0.25) is 4.79 Å². The monoisotopic (exact) mass is 303 g/mol. The normalized spacial score (nSPS) is 10.2. The highest BCUT2D eigenvalue weighted by atomic mass is 35.5. The second-order valence-electron chi connectivity index (χ2n) is 4.66. The number of nitrogens with one attached hydrogen (secondary N) is 2. The Kier molecular flexibility index (Phi) is 5.17. The predicted molar refractivity (Wildman–Crippen MR) is 87.2 cm³/mol. The van der Waals surface area contributed by atoms with Crippen LogP contribution in [-0.2, 0) is 6.42 Å². The summed E-state index contributed by atoms with van der Waals surface area (Å²) in [6.07, 6.45) is 3.41. The van der Waals surface area contributed by atoms with Crippen LogP contribution in [0.25, 0.3) is 0 Å². The van der Waals surface area contributed by atoms with Crippen molar-refractivity contribution in [3.63, 3.8) is 0 Å². The molecule has 0 aliphatic rings. The SMILES string of the molecule is CCCc1ccccc1NC(=O)c1cc(NC)ncc1Cl. The molecule has 0 fully saturated rings. The van der Waals surface area contributed by atoms with E-state index in [9.17, 15) is 4.79 Å². The Morgan fingerprint density at radius 2 is 2.10 bits per heavy atom. The predicted octanol–water partition coefficient (Wildman–Crippen LogP) is 3.98. The summed E-state index contributed by atoms with van der Waals surface area (Å²) in [7, 11) is 1.74. The van der Waals surface area contributed by atoms with Gasteiger partial charge in [-0.05, 0) is 24.1 Å². The smallest absolute Gasteiger partial charge is 0.257 e. The van der Waals surface area contributed by atoms with E-state index in [1.165, 1.54) is 6.20 Å². The molecule has 5 heteroatoms. The van der Waals surface area contributed by atoms with Gasteiger partial charge in [-0.2, -0.15) is 0 Å². The van der Waals surface area contributed by atoms with Crippen LogP contribution in [0, 0.1) is 0 Å². The maximum absolute atomic E-state index is 12.4. The lowest BCUT2D eigenvalue weighted by atomic mass is 10.1. The van der Waals surface area contributed by atoms with E-state index in [0.29, 0.717) is 16.4 Å². The van der Waals surface area contributed by atoms with Crippen molar-refractivity contribution in [2.75, 3.05) is 17.7 Å². The molecule has 0 bridgehead atoms. The zero-order chi connectivity index (χ0) is 15.2. The second-order valence-corrected chi connectivity index (χ2v) is 5.07. The van der Waals surface area contributed by atoms with Crippen molar-refractivity contribution in [3.05, 3.63) is 52.7 Å². The molecule has 0 aliphatic heterocycles. The Bertz CT molecular complexity index is 643. The van der Waals surface area contributed by atoms with Crippen LogP contribution >= 0.6 is 11.6 Å². The van der Waals surface area contributed by atoms with Gasteiger partial charge >= 0.3 is 0 Å². The van der Waals surface area contributed by atoms with E-state index in [-0.39, 0.29) is 5.91 Å². The molecule has 0 radical (unpaired) electrons. The molecule has 0 spiro atoms. The van der Waals surface area contributed by atoms with Gasteiger partial charge in [0.15, 0.2) is 0 Å². The van der Waals surface area contributed by atoms with E-state index < -0.39 is 0 Å². The van der Waals surface area contributed by atoms with E-state index >= 15 is 0 Å². The van der Waals surface area contributed by atoms with Crippen molar-refractivity contribution in [3.8, 4) is 0 Å². The Balaban J connectivity index is 2.26. The third-order valence-electron chi connectivity index (χ3n) is 3.14. The van der Waals surface area contributed by atoms with Gasteiger partial charge in [0, 0.05) is 18.9 Å². The van der Waals surface area contributed by atoms with Gasteiger partial charge in [0.2, 0.25) is 0 Å². The zero-order valence-electron chi connectivity index (χ0n) is 12.1. The first kappa shape index (κ1) is 15.3. The van der Waals surface area contributed by atoms with E-state index in [2.05, 4.69) is 22.5 Å². The van der Waals surface area contributed by atoms with Gasteiger partial charge in [-0.1, -0.05) is 43.1 Å². The number of benzene rings is 1. The molecule has 0 saturated carbocycles. The fourth-order valence-corrected chi connectivity index (χ4v) is 2.26. The molecule has 21 heavy (non-hydrogen) atoms. The third kappa shape index (κ3) is 3.73. The van der Waals surface area contributed by atoms with Crippen molar-refractivity contribution < 1.29 is 4.79 Å². The summed E-state index contributed by atoms with van der Waals surface area (Å²) in [5, 5.41) is 6.15. The van der Waals surface area contributed by atoms with Gasteiger partial charge in [0.05, 0.1) is 10.6 Å². The van der Waals surface area contributed by atoms with Crippen molar-refractivity contribution >= 4 is 29.0 Å². The molecule has 0 atom stereocenters. The molecule has 1 heterocycles. The van der Waals surface area contributed by atoms with Crippen LogP contribution in [0.4, 0.5) is 11.5 Å². The van der Waals surface area contributed by atoms with Crippen molar-refractivity contribution in [2.24, 2.45) is 0 Å². The molecule has 1 aromatic carbocycles. The maximum Gasteiger partial charge on any atom is 0.257 e. The fourth-order valence-electron chi connectivity index (χ4n) is 2.07. The quantitative estimate of drug-likeness (QED) is 0.878. The number of amides is 1. The molecule has 4 nitrogen and oxygen atoms in total. The molecule has 1 amide bonds. The third-order valence-corrected chi connectivity index (χ3v) is 3.44. The lowest BCUT2D eigenvalue weighted by molar-refractivity contribution is 0.102. The number of anilines is 2. The van der Waals surface area contributed by atoms with Crippen LogP contribution < -0.4 is 10.6 Å². The van der Waals surface area contributed by atoms with Crippen LogP contribution in [0.2, 0.25) is 5.02 Å². The summed E-state index contributed by atoms with van der Waals surface area (Å²) in [4.78, 5) is 16.5. The highest BCUT2D eigenvalue weighted by Gasteiger charge is 2.13. The molecule has 0 saturated heterocycles. The fraction of sp³-hybridized carbons (Fsp3) is 0.250. The van der Waals surface area contributed by atoms with Gasteiger partial charge < -0.3 is 10.6 Å². The summed E-state index contributed by atoms with van der Waals surface area (Å²) in [6, 6.07) is 9.44. The number of carbonyl (C=O) groups is 1. The number of halogens is 1. The van der Waals surface area contributed by atoms with Crippen molar-refractivity contribution in [1.29, 1.82) is 0 Å². The second kappa shape index (κ2) is 7.09. The standard InChI is InChI=1S/C16H18ClN3O/c1-3-6-11-7-4-5-8-14(11)20-16(21)12-9-15(18-2)19-10-13(12)17/h4-5,7-10H,3,6H2,1-2H3,(H,18,19)(H,20,21). The average Bonchev–Trinajstić information content (AvgIpc) is 2.50. The summed E-state index contributed by atoms with van der Waals surface area (Å²) in [6.45, 7) is 2.11. The molecule has 0 unspecified atom stereocenters. The summed E-state index contributed by atoms with van der Waals surface area (Å²) in [5.74, 6) is 0.369. The van der Waals surface area contributed by atoms with Crippen LogP contribution in [0.1, 0.15) is 29.3 Å². The Hall–Kier alpha value is -2.07. The number of carbonyl (C=O) groups excluding carboxylic acids is 1. The Morgan fingerprint density at radius 1 is 1.33 bits per heavy atom. The minimum Gasteiger partial charge on any atom is -0.373 e. The number of pyridine rings is 1. The Labute approximate surface area is 129 Å². The van der Waals surface area contributed by atoms with Gasteiger partial charge in [0.1, 0.15) is 5.82 Å². The van der Waals surface area contributed by atoms with E-state index in [0.717, 1.165) is 24.1 Å². The number of aromatic nitrogens is 1. The maximum atomic E-state index is 12.4. The van der Waals surface area contributed by atoms with Crippen LogP contribution in [0.15, 0.2) is 36.5 Å². The number of nitrogens with zero attached hydrogens (tertiary/aromatic N) is 1. The number of aryl methyl sites for hydroxylation is 1. The highest BCUT2D eigenvalue weighted by Crippen LogP contribution is 2.22. The largest absolute Gasteiger partial charge is 0.373 e. The lowest BCUT2D eigenvalue weighted by Gasteiger charge is -2.11. The zero-order valence-corrected chi connectivity index (χ0v) is 12.9. The summed E-state index contributed by atoms with van der Waals surface area (Å²) < 4.78 is 0. The highest BCUT2D eigenvalue weighted by molar-refractivity contribution is 6.34. The van der Waals surface area contributed by atoms with E-state index in [1.54, 1.807) is 13.1 Å². The van der Waals surface area contributed by atoms with E-state index in [4.69, 9.17) is 11.6 Å². The first-order chi connectivity index (χ1) is 10.2. The van der Waals surface area contributed by atoms with Crippen LogP contribution in [-0.4, -0.2) is 17.9 Å². The van der Waals surface area contributed by atoms with Crippen LogP contribution in [0.3, 0.4) is 0 Å². The molecule has 2 aromatic rings. The van der Waals surface area contributed by atoms with Gasteiger partial charge in [-0.25, -0.2) is 4.98 Å². The molecule has 110 valence electrons. The summed E-state index contributed by atoms with van der Waals surface area (Å²) >= 11 is 6.06. The number of hydrogen-bond donors (Lipinski definition) is 2. The topological polar surface area (TPSA) is 54.0 Å². The number of para-hydroxylation sites is 1. The summed E-state index contributed by atoms with van der Waals surface area (Å²) in [5.41, 5.74) is 2.35. The molecule has 0 aliphatic carbocycles. The number of rotatable bonds is 5.